The molecule has 0 aliphatic carbocycles. The molecule has 112 valence electrons. The lowest BCUT2D eigenvalue weighted by Gasteiger charge is -2.36. The maximum absolute atomic E-state index is 13.9. The van der Waals surface area contributed by atoms with Crippen LogP contribution in [-0.4, -0.2) is 25.3 Å². The lowest BCUT2D eigenvalue weighted by molar-refractivity contribution is 0.201. The summed E-state index contributed by atoms with van der Waals surface area (Å²) in [5.41, 5.74) is 5.17. The van der Waals surface area contributed by atoms with Gasteiger partial charge in [0.15, 0.2) is 4.90 Å². The van der Waals surface area contributed by atoms with E-state index in [1.54, 1.807) is 6.92 Å². The van der Waals surface area contributed by atoms with Crippen LogP contribution in [0.15, 0.2) is 17.0 Å². The first-order chi connectivity index (χ1) is 9.25. The van der Waals surface area contributed by atoms with E-state index in [0.717, 1.165) is 18.6 Å². The molecule has 2 unspecified atom stereocenters. The molecule has 0 radical (unpaired) electrons. The Kier molecular flexibility index (Phi) is 4.02. The number of hydrogen-bond acceptors (Lipinski definition) is 3. The quantitative estimate of drug-likeness (QED) is 0.853. The van der Waals surface area contributed by atoms with E-state index in [1.807, 2.05) is 6.92 Å². The molecule has 1 fully saturated rings. The third-order valence-corrected chi connectivity index (χ3v) is 5.94. The van der Waals surface area contributed by atoms with Crippen molar-refractivity contribution in [1.82, 2.24) is 4.31 Å². The molecule has 1 aromatic rings. The largest absolute Gasteiger partial charge is 0.399 e. The average molecular weight is 304 g/mol. The molecule has 20 heavy (non-hydrogen) atoms. The normalized spacial score (nSPS) is 24.8. The van der Waals surface area contributed by atoms with Crippen molar-refractivity contribution >= 4 is 15.7 Å². The highest BCUT2D eigenvalue weighted by Crippen LogP contribution is 2.31. The van der Waals surface area contributed by atoms with Crippen LogP contribution in [-0.2, 0) is 10.0 Å². The van der Waals surface area contributed by atoms with E-state index >= 15 is 0 Å². The highest BCUT2D eigenvalue weighted by molar-refractivity contribution is 7.89. The molecule has 7 heteroatoms. The molecule has 2 rings (SSSR count). The number of nitrogens with two attached hydrogens (primary N) is 1. The minimum atomic E-state index is -4.19. The van der Waals surface area contributed by atoms with Crippen LogP contribution >= 0.6 is 0 Å². The third-order valence-electron chi connectivity index (χ3n) is 3.90. The van der Waals surface area contributed by atoms with Gasteiger partial charge in [0.05, 0.1) is 0 Å². The molecule has 1 aliphatic rings. The molecule has 0 spiro atoms. The molecule has 1 aromatic carbocycles. The van der Waals surface area contributed by atoms with Crippen LogP contribution in [0.2, 0.25) is 0 Å². The molecule has 0 amide bonds. The smallest absolute Gasteiger partial charge is 0.249 e. The van der Waals surface area contributed by atoms with E-state index in [0.29, 0.717) is 6.42 Å². The highest BCUT2D eigenvalue weighted by Gasteiger charge is 2.37. The molecule has 0 bridgehead atoms. The standard InChI is InChI=1S/C13H18F2N2O2S/c1-8-4-3-5-17(9(8)2)20(18,19)13-11(14)6-10(16)7-12(13)15/h6-9H,3-5,16H2,1-2H3. The summed E-state index contributed by atoms with van der Waals surface area (Å²) in [5, 5.41) is 0. The van der Waals surface area contributed by atoms with Gasteiger partial charge in [0, 0.05) is 18.3 Å². The Balaban J connectivity index is 2.50. The number of nitrogen functional groups attached to an aromatic ring is 1. The molecule has 2 atom stereocenters. The van der Waals surface area contributed by atoms with E-state index in [9.17, 15) is 17.2 Å². The molecule has 4 nitrogen and oxygen atoms in total. The molecule has 1 aliphatic heterocycles. The summed E-state index contributed by atoms with van der Waals surface area (Å²) in [5.74, 6) is -2.14. The van der Waals surface area contributed by atoms with Gasteiger partial charge < -0.3 is 5.73 Å². The number of halogens is 2. The number of piperidine rings is 1. The fourth-order valence-corrected chi connectivity index (χ4v) is 4.44. The summed E-state index contributed by atoms with van der Waals surface area (Å²) in [4.78, 5) is -0.910. The zero-order valence-corrected chi connectivity index (χ0v) is 12.3. The van der Waals surface area contributed by atoms with E-state index in [2.05, 4.69) is 0 Å². The van der Waals surface area contributed by atoms with Gasteiger partial charge in [-0.05, 0) is 37.8 Å². The second-order valence-electron chi connectivity index (χ2n) is 5.29. The van der Waals surface area contributed by atoms with Crippen LogP contribution in [0.1, 0.15) is 26.7 Å². The predicted octanol–water partition coefficient (Wildman–Crippen LogP) is 2.36. The van der Waals surface area contributed by atoms with Crippen molar-refractivity contribution in [3.63, 3.8) is 0 Å². The topological polar surface area (TPSA) is 63.4 Å². The first-order valence-corrected chi connectivity index (χ1v) is 7.95. The van der Waals surface area contributed by atoms with Crippen LogP contribution in [0.5, 0.6) is 0 Å². The van der Waals surface area contributed by atoms with Crippen molar-refractivity contribution in [3.05, 3.63) is 23.8 Å². The summed E-state index contributed by atoms with van der Waals surface area (Å²) in [6, 6.07) is 1.37. The number of anilines is 1. The molecule has 2 N–H and O–H groups in total. The van der Waals surface area contributed by atoms with Gasteiger partial charge in [-0.1, -0.05) is 6.92 Å². The van der Waals surface area contributed by atoms with E-state index in [1.165, 1.54) is 4.31 Å². The van der Waals surface area contributed by atoms with E-state index < -0.39 is 26.6 Å². The maximum Gasteiger partial charge on any atom is 0.249 e. The molecular formula is C13H18F2N2O2S. The van der Waals surface area contributed by atoms with Crippen molar-refractivity contribution in [2.75, 3.05) is 12.3 Å². The van der Waals surface area contributed by atoms with Gasteiger partial charge in [-0.3, -0.25) is 0 Å². The van der Waals surface area contributed by atoms with Crippen molar-refractivity contribution in [3.8, 4) is 0 Å². The zero-order chi connectivity index (χ0) is 15.1. The van der Waals surface area contributed by atoms with Crippen molar-refractivity contribution < 1.29 is 17.2 Å². The van der Waals surface area contributed by atoms with Crippen molar-refractivity contribution in [2.45, 2.75) is 37.6 Å². The van der Waals surface area contributed by atoms with Gasteiger partial charge in [-0.2, -0.15) is 4.31 Å². The molecule has 1 saturated heterocycles. The fraction of sp³-hybridized carbons (Fsp3) is 0.538. The summed E-state index contributed by atoms with van der Waals surface area (Å²) < 4.78 is 53.9. The summed E-state index contributed by atoms with van der Waals surface area (Å²) >= 11 is 0. The lowest BCUT2D eigenvalue weighted by Crippen LogP contribution is -2.46. The first-order valence-electron chi connectivity index (χ1n) is 6.51. The Bertz CT molecular complexity index is 596. The maximum atomic E-state index is 13.9. The van der Waals surface area contributed by atoms with Crippen LogP contribution in [0.4, 0.5) is 14.5 Å². The lowest BCUT2D eigenvalue weighted by atomic mass is 9.94. The molecule has 0 aromatic heterocycles. The Morgan fingerprint density at radius 3 is 2.35 bits per heavy atom. The van der Waals surface area contributed by atoms with Gasteiger partial charge in [-0.25, -0.2) is 17.2 Å². The van der Waals surface area contributed by atoms with Crippen LogP contribution in [0.3, 0.4) is 0 Å². The number of hydrogen-bond donors (Lipinski definition) is 1. The Morgan fingerprint density at radius 1 is 1.25 bits per heavy atom. The second kappa shape index (κ2) is 5.29. The fourth-order valence-electron chi connectivity index (χ4n) is 2.58. The highest BCUT2D eigenvalue weighted by atomic mass is 32.2. The minimum Gasteiger partial charge on any atom is -0.399 e. The van der Waals surface area contributed by atoms with Gasteiger partial charge in [0.1, 0.15) is 11.6 Å². The van der Waals surface area contributed by atoms with Gasteiger partial charge >= 0.3 is 0 Å². The number of rotatable bonds is 2. The first kappa shape index (κ1) is 15.2. The summed E-state index contributed by atoms with van der Waals surface area (Å²) in [6.45, 7) is 3.97. The number of nitrogens with zero attached hydrogens (tertiary/aromatic N) is 1. The van der Waals surface area contributed by atoms with Gasteiger partial charge in [0.25, 0.3) is 0 Å². The molecule has 1 heterocycles. The Hall–Kier alpha value is -1.21. The van der Waals surface area contributed by atoms with Crippen LogP contribution in [0.25, 0.3) is 0 Å². The van der Waals surface area contributed by atoms with E-state index in [-0.39, 0.29) is 24.2 Å². The second-order valence-corrected chi connectivity index (χ2v) is 7.12. The van der Waals surface area contributed by atoms with E-state index in [4.69, 9.17) is 5.73 Å². The number of benzene rings is 1. The van der Waals surface area contributed by atoms with Crippen molar-refractivity contribution in [2.24, 2.45) is 5.92 Å². The van der Waals surface area contributed by atoms with Crippen LogP contribution < -0.4 is 5.73 Å². The summed E-state index contributed by atoms with van der Waals surface area (Å²) in [6.07, 6.45) is 1.59. The van der Waals surface area contributed by atoms with Crippen molar-refractivity contribution in [1.29, 1.82) is 0 Å². The summed E-state index contributed by atoms with van der Waals surface area (Å²) in [7, 11) is -4.19. The Labute approximate surface area is 117 Å². The van der Waals surface area contributed by atoms with Gasteiger partial charge in [-0.15, -0.1) is 0 Å². The predicted molar refractivity (Wildman–Crippen MR) is 72.5 cm³/mol. The Morgan fingerprint density at radius 2 is 1.80 bits per heavy atom. The van der Waals surface area contributed by atoms with Gasteiger partial charge in [0.2, 0.25) is 10.0 Å². The SMILES string of the molecule is CC1CCCN(S(=O)(=O)c2c(F)cc(N)cc2F)C1C. The van der Waals surface area contributed by atoms with Crippen LogP contribution in [0, 0.1) is 17.6 Å². The monoisotopic (exact) mass is 304 g/mol. The third kappa shape index (κ3) is 2.52. The molecule has 0 saturated carbocycles. The molecular weight excluding hydrogens is 286 g/mol. The average Bonchev–Trinajstić information content (AvgIpc) is 2.30. The zero-order valence-electron chi connectivity index (χ0n) is 11.4. The minimum absolute atomic E-state index is 0.140. The number of sulfonamides is 1.